The van der Waals surface area contributed by atoms with Gasteiger partial charge in [0.15, 0.2) is 5.83 Å². The van der Waals surface area contributed by atoms with Crippen LogP contribution in [0.5, 0.6) is 0 Å². The molecule has 0 aromatic carbocycles. The van der Waals surface area contributed by atoms with E-state index in [0.29, 0.717) is 0 Å². The predicted molar refractivity (Wildman–Crippen MR) is 39.0 cm³/mol. The van der Waals surface area contributed by atoms with Crippen LogP contribution in [0.15, 0.2) is 23.8 Å². The number of halogens is 2. The molecule has 0 amide bonds. The first-order valence-corrected chi connectivity index (χ1v) is 3.43. The van der Waals surface area contributed by atoms with Crippen molar-refractivity contribution in [3.63, 3.8) is 0 Å². The maximum Gasteiger partial charge on any atom is 0.154 e. The van der Waals surface area contributed by atoms with Crippen molar-refractivity contribution < 1.29 is 8.78 Å². The fraction of sp³-hybridized carbons (Fsp3) is 0.500. The van der Waals surface area contributed by atoms with Crippen LogP contribution >= 0.6 is 0 Å². The molecular formula is C8H12F2. The lowest BCUT2D eigenvalue weighted by Crippen LogP contribution is -1.73. The third-order valence-corrected chi connectivity index (χ3v) is 1.07. The van der Waals surface area contributed by atoms with Gasteiger partial charge in [-0.2, -0.15) is 0 Å². The van der Waals surface area contributed by atoms with Crippen LogP contribution in [-0.2, 0) is 0 Å². The Labute approximate surface area is 60.2 Å². The number of allylic oxidation sites excluding steroid dienone is 4. The lowest BCUT2D eigenvalue weighted by atomic mass is 10.3. The number of hydrogen-bond acceptors (Lipinski definition) is 0. The maximum absolute atomic E-state index is 12.4. The summed E-state index contributed by atoms with van der Waals surface area (Å²) in [6, 6.07) is 0. The van der Waals surface area contributed by atoms with Crippen molar-refractivity contribution in [3.05, 3.63) is 23.8 Å². The molecule has 0 radical (unpaired) electrons. The Balaban J connectivity index is 4.04. The second kappa shape index (κ2) is 5.15. The summed E-state index contributed by atoms with van der Waals surface area (Å²) < 4.78 is 24.7. The van der Waals surface area contributed by atoms with E-state index in [-0.39, 0.29) is 6.42 Å². The number of hydrogen-bond donors (Lipinski definition) is 0. The van der Waals surface area contributed by atoms with Gasteiger partial charge in [0.05, 0.1) is 0 Å². The molecule has 0 heterocycles. The summed E-state index contributed by atoms with van der Waals surface area (Å²) >= 11 is 0. The minimum absolute atomic E-state index is 0.125. The quantitative estimate of drug-likeness (QED) is 0.534. The molecule has 0 aliphatic rings. The van der Waals surface area contributed by atoms with Gasteiger partial charge in [-0.1, -0.05) is 19.9 Å². The Bertz CT molecular complexity index is 145. The van der Waals surface area contributed by atoms with E-state index >= 15 is 0 Å². The first-order valence-electron chi connectivity index (χ1n) is 3.43. The fourth-order valence-corrected chi connectivity index (χ4v) is 0.481. The molecule has 0 aromatic heterocycles. The molecule has 0 aromatic rings. The summed E-state index contributed by atoms with van der Waals surface area (Å²) in [5.41, 5.74) is 0. The summed E-state index contributed by atoms with van der Waals surface area (Å²) in [7, 11) is 0. The van der Waals surface area contributed by atoms with Crippen LogP contribution in [0.2, 0.25) is 0 Å². The second-order valence-electron chi connectivity index (χ2n) is 1.92. The van der Waals surface area contributed by atoms with E-state index in [4.69, 9.17) is 0 Å². The molecule has 0 unspecified atom stereocenters. The van der Waals surface area contributed by atoms with Gasteiger partial charge in [0.1, 0.15) is 5.83 Å². The minimum Gasteiger partial charge on any atom is -0.209 e. The van der Waals surface area contributed by atoms with Gasteiger partial charge in [-0.25, -0.2) is 8.78 Å². The zero-order valence-electron chi connectivity index (χ0n) is 6.32. The summed E-state index contributed by atoms with van der Waals surface area (Å²) in [6.07, 6.45) is 3.60. The Kier molecular flexibility index (Phi) is 4.81. The summed E-state index contributed by atoms with van der Waals surface area (Å²) in [5, 5.41) is 0. The largest absolute Gasteiger partial charge is 0.209 e. The van der Waals surface area contributed by atoms with Gasteiger partial charge in [-0.15, -0.1) is 0 Å². The highest BCUT2D eigenvalue weighted by molar-refractivity contribution is 5.14. The molecule has 0 nitrogen and oxygen atoms in total. The summed E-state index contributed by atoms with van der Waals surface area (Å²) in [5.74, 6) is -1.42. The molecule has 10 heavy (non-hydrogen) atoms. The van der Waals surface area contributed by atoms with Gasteiger partial charge < -0.3 is 0 Å². The Morgan fingerprint density at radius 3 is 2.30 bits per heavy atom. The predicted octanol–water partition coefficient (Wildman–Crippen LogP) is 3.51. The van der Waals surface area contributed by atoms with Gasteiger partial charge in [0.2, 0.25) is 0 Å². The van der Waals surface area contributed by atoms with Crippen LogP contribution in [0, 0.1) is 0 Å². The second-order valence-corrected chi connectivity index (χ2v) is 1.92. The number of rotatable bonds is 3. The molecular weight excluding hydrogens is 134 g/mol. The maximum atomic E-state index is 12.4. The van der Waals surface area contributed by atoms with Gasteiger partial charge in [-0.05, 0) is 18.9 Å². The SMILES string of the molecule is CC/C=C\C(F)=C(\F)CC. The van der Waals surface area contributed by atoms with E-state index in [0.717, 1.165) is 6.42 Å². The van der Waals surface area contributed by atoms with E-state index in [1.807, 2.05) is 6.92 Å². The molecule has 0 aliphatic carbocycles. The Morgan fingerprint density at radius 2 is 1.90 bits per heavy atom. The van der Waals surface area contributed by atoms with E-state index in [2.05, 4.69) is 0 Å². The first kappa shape index (κ1) is 9.34. The van der Waals surface area contributed by atoms with Crippen LogP contribution in [-0.4, -0.2) is 0 Å². The van der Waals surface area contributed by atoms with E-state index < -0.39 is 11.7 Å². The first-order chi connectivity index (χ1) is 4.72. The van der Waals surface area contributed by atoms with Crippen molar-refractivity contribution in [1.82, 2.24) is 0 Å². The van der Waals surface area contributed by atoms with Gasteiger partial charge >= 0.3 is 0 Å². The highest BCUT2D eigenvalue weighted by Crippen LogP contribution is 2.12. The van der Waals surface area contributed by atoms with E-state index in [1.165, 1.54) is 6.08 Å². The molecule has 0 saturated heterocycles. The highest BCUT2D eigenvalue weighted by atomic mass is 19.2. The lowest BCUT2D eigenvalue weighted by Gasteiger charge is -1.89. The Hall–Kier alpha value is -0.660. The molecule has 58 valence electrons. The van der Waals surface area contributed by atoms with Crippen molar-refractivity contribution >= 4 is 0 Å². The molecule has 0 fully saturated rings. The topological polar surface area (TPSA) is 0 Å². The van der Waals surface area contributed by atoms with E-state index in [1.54, 1.807) is 13.0 Å². The van der Waals surface area contributed by atoms with Crippen LogP contribution < -0.4 is 0 Å². The Morgan fingerprint density at radius 1 is 1.30 bits per heavy atom. The van der Waals surface area contributed by atoms with Gasteiger partial charge in [-0.3, -0.25) is 0 Å². The fourth-order valence-electron chi connectivity index (χ4n) is 0.481. The van der Waals surface area contributed by atoms with E-state index in [9.17, 15) is 8.78 Å². The van der Waals surface area contributed by atoms with Crippen molar-refractivity contribution in [3.8, 4) is 0 Å². The third kappa shape index (κ3) is 3.38. The van der Waals surface area contributed by atoms with Crippen LogP contribution in [0.25, 0.3) is 0 Å². The molecule has 0 bridgehead atoms. The zero-order valence-corrected chi connectivity index (χ0v) is 6.32. The molecule has 0 aliphatic heterocycles. The zero-order chi connectivity index (χ0) is 7.98. The van der Waals surface area contributed by atoms with Crippen molar-refractivity contribution in [1.29, 1.82) is 0 Å². The molecule has 0 saturated carbocycles. The summed E-state index contributed by atoms with van der Waals surface area (Å²) in [4.78, 5) is 0. The standard InChI is InChI=1S/C8H12F2/c1-3-5-6-8(10)7(9)4-2/h5-6H,3-4H2,1-2H3/b6-5-,8-7-. The lowest BCUT2D eigenvalue weighted by molar-refractivity contribution is 0.532. The van der Waals surface area contributed by atoms with Crippen molar-refractivity contribution in [2.75, 3.05) is 0 Å². The average Bonchev–Trinajstić information content (AvgIpc) is 1.98. The molecule has 0 spiro atoms. The monoisotopic (exact) mass is 146 g/mol. The third-order valence-electron chi connectivity index (χ3n) is 1.07. The average molecular weight is 146 g/mol. The molecule has 0 atom stereocenters. The van der Waals surface area contributed by atoms with Crippen LogP contribution in [0.1, 0.15) is 26.7 Å². The molecule has 2 heteroatoms. The van der Waals surface area contributed by atoms with Crippen molar-refractivity contribution in [2.45, 2.75) is 26.7 Å². The smallest absolute Gasteiger partial charge is 0.154 e. The van der Waals surface area contributed by atoms with Crippen molar-refractivity contribution in [2.24, 2.45) is 0 Å². The highest BCUT2D eigenvalue weighted by Gasteiger charge is 1.97. The van der Waals surface area contributed by atoms with Gasteiger partial charge in [0, 0.05) is 0 Å². The van der Waals surface area contributed by atoms with Crippen LogP contribution in [0.4, 0.5) is 8.78 Å². The molecule has 0 N–H and O–H groups in total. The minimum atomic E-state index is -0.746. The molecule has 0 rings (SSSR count). The van der Waals surface area contributed by atoms with Crippen LogP contribution in [0.3, 0.4) is 0 Å². The summed E-state index contributed by atoms with van der Waals surface area (Å²) in [6.45, 7) is 3.45. The van der Waals surface area contributed by atoms with Gasteiger partial charge in [0.25, 0.3) is 0 Å². The normalized spacial score (nSPS) is 14.0.